The Balaban J connectivity index is 0.00000341. The maximum atomic E-state index is 12.3. The van der Waals surface area contributed by atoms with Crippen LogP contribution in [0.3, 0.4) is 0 Å². The number of carbonyl (C=O) groups excluding carboxylic acids is 1. The van der Waals surface area contributed by atoms with Gasteiger partial charge in [-0.15, -0.1) is 24.0 Å². The summed E-state index contributed by atoms with van der Waals surface area (Å²) >= 11 is 0. The molecule has 7 nitrogen and oxygen atoms in total. The molecule has 2 unspecified atom stereocenters. The van der Waals surface area contributed by atoms with Crippen molar-refractivity contribution in [1.29, 1.82) is 0 Å². The number of guanidine groups is 1. The molecule has 2 saturated heterocycles. The lowest BCUT2D eigenvalue weighted by Gasteiger charge is -2.36. The summed E-state index contributed by atoms with van der Waals surface area (Å²) in [6.45, 7) is 14.1. The lowest BCUT2D eigenvalue weighted by molar-refractivity contribution is -0.128. The van der Waals surface area contributed by atoms with Gasteiger partial charge in [-0.2, -0.15) is 0 Å². The molecule has 31 heavy (non-hydrogen) atoms. The molecule has 174 valence electrons. The van der Waals surface area contributed by atoms with Gasteiger partial charge in [0, 0.05) is 39.3 Å². The Hall–Kier alpha value is -1.39. The van der Waals surface area contributed by atoms with Crippen molar-refractivity contribution in [2.24, 2.45) is 10.4 Å². The zero-order valence-corrected chi connectivity index (χ0v) is 21.6. The molecule has 2 fully saturated rings. The van der Waals surface area contributed by atoms with Crippen molar-refractivity contribution in [3.63, 3.8) is 0 Å². The molecule has 1 aromatic rings. The number of nitrogens with one attached hydrogen (secondary N) is 2. The fraction of sp³-hybridized carbons (Fsp3) is 0.652. The summed E-state index contributed by atoms with van der Waals surface area (Å²) in [5.41, 5.74) is 0.791. The van der Waals surface area contributed by atoms with Gasteiger partial charge >= 0.3 is 0 Å². The van der Waals surface area contributed by atoms with Gasteiger partial charge in [-0.3, -0.25) is 14.7 Å². The number of amides is 1. The molecule has 0 bridgehead atoms. The zero-order valence-electron chi connectivity index (χ0n) is 19.3. The first-order chi connectivity index (χ1) is 14.4. The number of hydrogen-bond acceptors (Lipinski definition) is 4. The smallest absolute Gasteiger partial charge is 0.227 e. The Morgan fingerprint density at radius 3 is 2.55 bits per heavy atom. The van der Waals surface area contributed by atoms with E-state index in [-0.39, 0.29) is 36.0 Å². The first-order valence-corrected chi connectivity index (χ1v) is 11.2. The molecule has 2 N–H and O–H groups in total. The standard InChI is InChI=1S/C23H37N5O2.HI/c1-5-24-21(29)23(3,4)17-26-22(25-6-2)28-15-19-20(16-28)30-13-12-27(19)14-18-10-8-7-9-11-18;/h7-11,19-20H,5-6,12-17H2,1-4H3,(H,24,29)(H,25,26);1H. The van der Waals surface area contributed by atoms with E-state index >= 15 is 0 Å². The van der Waals surface area contributed by atoms with Gasteiger partial charge in [0.1, 0.15) is 0 Å². The number of nitrogens with zero attached hydrogens (tertiary/aromatic N) is 3. The molecule has 0 spiro atoms. The highest BCUT2D eigenvalue weighted by Gasteiger charge is 2.41. The van der Waals surface area contributed by atoms with Crippen LogP contribution in [0.2, 0.25) is 0 Å². The van der Waals surface area contributed by atoms with Gasteiger partial charge in [-0.05, 0) is 33.3 Å². The predicted molar refractivity (Wildman–Crippen MR) is 136 cm³/mol. The average Bonchev–Trinajstić information content (AvgIpc) is 3.17. The van der Waals surface area contributed by atoms with Gasteiger partial charge in [0.05, 0.1) is 30.7 Å². The first-order valence-electron chi connectivity index (χ1n) is 11.2. The van der Waals surface area contributed by atoms with Gasteiger partial charge in [-0.1, -0.05) is 30.3 Å². The molecule has 2 heterocycles. The van der Waals surface area contributed by atoms with Gasteiger partial charge in [-0.25, -0.2) is 0 Å². The zero-order chi connectivity index (χ0) is 21.6. The van der Waals surface area contributed by atoms with Crippen molar-refractivity contribution < 1.29 is 9.53 Å². The number of likely N-dealkylation sites (tertiary alicyclic amines) is 1. The van der Waals surface area contributed by atoms with Gasteiger partial charge in [0.25, 0.3) is 0 Å². The minimum atomic E-state index is -0.543. The van der Waals surface area contributed by atoms with E-state index in [1.54, 1.807) is 0 Å². The summed E-state index contributed by atoms with van der Waals surface area (Å²) in [6, 6.07) is 11.0. The molecule has 0 saturated carbocycles. The van der Waals surface area contributed by atoms with Crippen LogP contribution >= 0.6 is 24.0 Å². The van der Waals surface area contributed by atoms with Crippen LogP contribution in [0.4, 0.5) is 0 Å². The molecule has 1 aromatic carbocycles. The minimum Gasteiger partial charge on any atom is -0.373 e. The van der Waals surface area contributed by atoms with Crippen molar-refractivity contribution in [2.45, 2.75) is 46.4 Å². The number of halogens is 1. The van der Waals surface area contributed by atoms with E-state index in [0.29, 0.717) is 19.1 Å². The summed E-state index contributed by atoms with van der Waals surface area (Å²) in [5, 5.41) is 6.32. The molecule has 1 amide bonds. The van der Waals surface area contributed by atoms with Crippen LogP contribution < -0.4 is 10.6 Å². The van der Waals surface area contributed by atoms with Crippen molar-refractivity contribution >= 4 is 35.8 Å². The van der Waals surface area contributed by atoms with Crippen molar-refractivity contribution in [3.8, 4) is 0 Å². The van der Waals surface area contributed by atoms with E-state index in [1.165, 1.54) is 5.56 Å². The van der Waals surface area contributed by atoms with Crippen molar-refractivity contribution in [2.75, 3.05) is 45.9 Å². The Labute approximate surface area is 204 Å². The fourth-order valence-electron chi connectivity index (χ4n) is 4.12. The molecular weight excluding hydrogens is 505 g/mol. The third kappa shape index (κ3) is 6.79. The Morgan fingerprint density at radius 1 is 1.16 bits per heavy atom. The van der Waals surface area contributed by atoms with Crippen LogP contribution in [0.25, 0.3) is 0 Å². The third-order valence-electron chi connectivity index (χ3n) is 5.86. The molecule has 0 aromatic heterocycles. The van der Waals surface area contributed by atoms with Gasteiger partial charge < -0.3 is 20.3 Å². The monoisotopic (exact) mass is 543 g/mol. The number of rotatable bonds is 7. The van der Waals surface area contributed by atoms with E-state index in [1.807, 2.05) is 20.8 Å². The largest absolute Gasteiger partial charge is 0.373 e. The van der Waals surface area contributed by atoms with E-state index in [2.05, 4.69) is 57.7 Å². The molecule has 0 aliphatic carbocycles. The fourth-order valence-corrected chi connectivity index (χ4v) is 4.12. The lowest BCUT2D eigenvalue weighted by Crippen LogP contribution is -2.50. The number of fused-ring (bicyclic) bond motifs is 1. The SMILES string of the molecule is CCNC(=O)C(C)(C)CN=C(NCC)N1CC2OCCN(Cc3ccccc3)C2C1.I. The third-order valence-corrected chi connectivity index (χ3v) is 5.86. The highest BCUT2D eigenvalue weighted by Crippen LogP contribution is 2.25. The van der Waals surface area contributed by atoms with Crippen LogP contribution in [0.5, 0.6) is 0 Å². The van der Waals surface area contributed by atoms with Gasteiger partial charge in [0.2, 0.25) is 5.91 Å². The lowest BCUT2D eigenvalue weighted by atomic mass is 9.92. The number of aliphatic imine (C=N–C) groups is 1. The van der Waals surface area contributed by atoms with Crippen LogP contribution in [-0.4, -0.2) is 79.7 Å². The number of carbonyl (C=O) groups is 1. The van der Waals surface area contributed by atoms with E-state index in [0.717, 1.165) is 45.3 Å². The Morgan fingerprint density at radius 2 is 1.87 bits per heavy atom. The Bertz CT molecular complexity index is 728. The summed E-state index contributed by atoms with van der Waals surface area (Å²) in [5.74, 6) is 0.907. The topological polar surface area (TPSA) is 69.2 Å². The predicted octanol–water partition coefficient (Wildman–Crippen LogP) is 2.32. The normalized spacial score (nSPS) is 21.9. The number of hydrogen-bond donors (Lipinski definition) is 2. The Kier molecular flexibility index (Phi) is 10.0. The minimum absolute atomic E-state index is 0. The second-order valence-electron chi connectivity index (χ2n) is 8.75. The first kappa shape index (κ1) is 25.9. The number of benzene rings is 1. The summed E-state index contributed by atoms with van der Waals surface area (Å²) in [7, 11) is 0. The van der Waals surface area contributed by atoms with Gasteiger partial charge in [0.15, 0.2) is 5.96 Å². The second-order valence-corrected chi connectivity index (χ2v) is 8.75. The van der Waals surface area contributed by atoms with E-state index in [4.69, 9.17) is 9.73 Å². The average molecular weight is 543 g/mol. The summed E-state index contributed by atoms with van der Waals surface area (Å²) < 4.78 is 6.11. The van der Waals surface area contributed by atoms with Crippen LogP contribution in [0.15, 0.2) is 35.3 Å². The van der Waals surface area contributed by atoms with Crippen LogP contribution in [0, 0.1) is 5.41 Å². The number of ether oxygens (including phenoxy) is 1. The highest BCUT2D eigenvalue weighted by molar-refractivity contribution is 14.0. The molecular formula is C23H38IN5O2. The van der Waals surface area contributed by atoms with E-state index in [9.17, 15) is 4.79 Å². The van der Waals surface area contributed by atoms with Crippen LogP contribution in [0.1, 0.15) is 33.3 Å². The molecule has 0 radical (unpaired) electrons. The second kappa shape index (κ2) is 12.0. The molecule has 3 rings (SSSR count). The van der Waals surface area contributed by atoms with Crippen LogP contribution in [-0.2, 0) is 16.1 Å². The quantitative estimate of drug-likeness (QED) is 0.314. The molecule has 2 aliphatic heterocycles. The summed E-state index contributed by atoms with van der Waals surface area (Å²) in [6.07, 6.45) is 0.183. The number of morpholine rings is 1. The molecule has 2 atom stereocenters. The molecule has 8 heteroatoms. The highest BCUT2D eigenvalue weighted by atomic mass is 127. The van der Waals surface area contributed by atoms with Crippen molar-refractivity contribution in [3.05, 3.63) is 35.9 Å². The molecule has 2 aliphatic rings. The maximum Gasteiger partial charge on any atom is 0.227 e. The maximum absolute atomic E-state index is 12.3. The van der Waals surface area contributed by atoms with E-state index < -0.39 is 5.41 Å². The van der Waals surface area contributed by atoms with Crippen molar-refractivity contribution in [1.82, 2.24) is 20.4 Å². The summed E-state index contributed by atoms with van der Waals surface area (Å²) in [4.78, 5) is 22.0.